The lowest BCUT2D eigenvalue weighted by atomic mass is 10.1. The van der Waals surface area contributed by atoms with E-state index < -0.39 is 6.04 Å². The molecule has 0 aliphatic rings. The Balaban J connectivity index is 2.15. The van der Waals surface area contributed by atoms with Crippen molar-refractivity contribution in [3.05, 3.63) is 63.6 Å². The zero-order valence-corrected chi connectivity index (χ0v) is 21.9. The van der Waals surface area contributed by atoms with Crippen molar-refractivity contribution in [1.29, 1.82) is 0 Å². The number of hydrogen-bond acceptors (Lipinski definition) is 4. The van der Waals surface area contributed by atoms with Crippen molar-refractivity contribution in [1.82, 2.24) is 10.2 Å². The quantitative estimate of drug-likeness (QED) is 0.382. The number of amides is 2. The molecule has 0 saturated heterocycles. The van der Waals surface area contributed by atoms with Crippen LogP contribution in [-0.2, 0) is 21.9 Å². The maximum atomic E-state index is 13.3. The third-order valence-electron chi connectivity index (χ3n) is 5.38. The fourth-order valence-electron chi connectivity index (χ4n) is 3.26. The molecule has 0 bridgehead atoms. The first-order valence-corrected chi connectivity index (χ1v) is 12.9. The molecule has 2 aromatic carbocycles. The lowest BCUT2D eigenvalue weighted by Gasteiger charge is -2.31. The van der Waals surface area contributed by atoms with Gasteiger partial charge in [-0.15, -0.1) is 11.8 Å². The number of halogens is 2. The van der Waals surface area contributed by atoms with Crippen LogP contribution in [0.2, 0.25) is 10.0 Å². The molecule has 0 aromatic heterocycles. The standard InChI is InChI=1S/C25H32Cl2N2O3S/c1-5-17(3)28-25(31)23(6-2)29(14-19-9-12-21(26)22(27)13-19)24(30)16-33-15-18-7-10-20(32-4)11-8-18/h7-13,17,23H,5-6,14-16H2,1-4H3,(H,28,31). The van der Waals surface area contributed by atoms with E-state index in [-0.39, 0.29) is 30.2 Å². The van der Waals surface area contributed by atoms with Crippen molar-refractivity contribution in [2.24, 2.45) is 0 Å². The summed E-state index contributed by atoms with van der Waals surface area (Å²) in [6.45, 7) is 6.17. The van der Waals surface area contributed by atoms with Gasteiger partial charge in [0.25, 0.3) is 0 Å². The van der Waals surface area contributed by atoms with Crippen LogP contribution >= 0.6 is 35.0 Å². The zero-order chi connectivity index (χ0) is 24.4. The number of carbonyl (C=O) groups excluding carboxylic acids is 2. The summed E-state index contributed by atoms with van der Waals surface area (Å²) in [6.07, 6.45) is 1.33. The third-order valence-corrected chi connectivity index (χ3v) is 7.10. The predicted octanol–water partition coefficient (Wildman–Crippen LogP) is 5.96. The molecule has 2 amide bonds. The molecule has 8 heteroatoms. The van der Waals surface area contributed by atoms with Gasteiger partial charge in [-0.25, -0.2) is 0 Å². The molecular formula is C25H32Cl2N2O3S. The van der Waals surface area contributed by atoms with Gasteiger partial charge in [-0.1, -0.05) is 55.2 Å². The first kappa shape index (κ1) is 27.4. The zero-order valence-electron chi connectivity index (χ0n) is 19.6. The highest BCUT2D eigenvalue weighted by Crippen LogP contribution is 2.25. The van der Waals surface area contributed by atoms with Crippen LogP contribution in [0.25, 0.3) is 0 Å². The van der Waals surface area contributed by atoms with Crippen LogP contribution in [0.3, 0.4) is 0 Å². The molecule has 0 radical (unpaired) electrons. The number of rotatable bonds is 12. The molecule has 0 saturated carbocycles. The molecule has 0 spiro atoms. The van der Waals surface area contributed by atoms with Gasteiger partial charge in [0.1, 0.15) is 11.8 Å². The van der Waals surface area contributed by atoms with Crippen LogP contribution < -0.4 is 10.1 Å². The van der Waals surface area contributed by atoms with Gasteiger partial charge >= 0.3 is 0 Å². The number of carbonyl (C=O) groups is 2. The van der Waals surface area contributed by atoms with Gasteiger partial charge in [0.15, 0.2) is 0 Å². The van der Waals surface area contributed by atoms with E-state index in [1.54, 1.807) is 24.1 Å². The van der Waals surface area contributed by atoms with E-state index in [2.05, 4.69) is 5.32 Å². The summed E-state index contributed by atoms with van der Waals surface area (Å²) in [6, 6.07) is 12.5. The lowest BCUT2D eigenvalue weighted by Crippen LogP contribution is -2.51. The van der Waals surface area contributed by atoms with Crippen LogP contribution in [0, 0.1) is 0 Å². The summed E-state index contributed by atoms with van der Waals surface area (Å²) in [5, 5.41) is 3.89. The number of nitrogens with zero attached hydrogens (tertiary/aromatic N) is 1. The number of ether oxygens (including phenoxy) is 1. The largest absolute Gasteiger partial charge is 0.497 e. The SMILES string of the molecule is CCC(C)NC(=O)C(CC)N(Cc1ccc(Cl)c(Cl)c1)C(=O)CSCc1ccc(OC)cc1. The minimum atomic E-state index is -0.567. The normalized spacial score (nSPS) is 12.7. The summed E-state index contributed by atoms with van der Waals surface area (Å²) in [4.78, 5) is 27.9. The van der Waals surface area contributed by atoms with Gasteiger partial charge in [-0.05, 0) is 55.2 Å². The van der Waals surface area contributed by atoms with E-state index in [1.807, 2.05) is 51.1 Å². The predicted molar refractivity (Wildman–Crippen MR) is 138 cm³/mol. The number of thioether (sulfide) groups is 1. The minimum absolute atomic E-state index is 0.0397. The van der Waals surface area contributed by atoms with E-state index in [1.165, 1.54) is 11.8 Å². The Bertz CT molecular complexity index is 924. The van der Waals surface area contributed by atoms with Gasteiger partial charge in [0.05, 0.1) is 22.9 Å². The molecule has 2 atom stereocenters. The van der Waals surface area contributed by atoms with E-state index in [0.717, 1.165) is 23.3 Å². The molecule has 180 valence electrons. The second-order valence-electron chi connectivity index (χ2n) is 7.85. The van der Waals surface area contributed by atoms with E-state index >= 15 is 0 Å². The first-order valence-electron chi connectivity index (χ1n) is 11.0. The van der Waals surface area contributed by atoms with Crippen molar-refractivity contribution in [2.45, 2.75) is 58.0 Å². The van der Waals surface area contributed by atoms with Gasteiger partial charge in [-0.3, -0.25) is 9.59 Å². The van der Waals surface area contributed by atoms with Crippen molar-refractivity contribution in [2.75, 3.05) is 12.9 Å². The number of nitrogens with one attached hydrogen (secondary N) is 1. The van der Waals surface area contributed by atoms with Gasteiger partial charge in [0, 0.05) is 18.3 Å². The topological polar surface area (TPSA) is 58.6 Å². The maximum Gasteiger partial charge on any atom is 0.243 e. The van der Waals surface area contributed by atoms with Gasteiger partial charge in [-0.2, -0.15) is 0 Å². The number of benzene rings is 2. The fourth-order valence-corrected chi connectivity index (χ4v) is 4.45. The molecule has 0 aliphatic heterocycles. The van der Waals surface area contributed by atoms with E-state index in [4.69, 9.17) is 27.9 Å². The van der Waals surface area contributed by atoms with Gasteiger partial charge in [0.2, 0.25) is 11.8 Å². The van der Waals surface area contributed by atoms with Crippen molar-refractivity contribution in [3.8, 4) is 5.75 Å². The Hall–Kier alpha value is -1.89. The summed E-state index contributed by atoms with van der Waals surface area (Å²) in [5.41, 5.74) is 1.93. The Morgan fingerprint density at radius 1 is 1.03 bits per heavy atom. The average Bonchev–Trinajstić information content (AvgIpc) is 2.81. The second kappa shape index (κ2) is 13.7. The molecule has 1 N–H and O–H groups in total. The summed E-state index contributed by atoms with van der Waals surface area (Å²) >= 11 is 13.8. The molecule has 0 aliphatic carbocycles. The maximum absolute atomic E-state index is 13.3. The van der Waals surface area contributed by atoms with Crippen molar-refractivity contribution >= 4 is 46.8 Å². The van der Waals surface area contributed by atoms with E-state index in [9.17, 15) is 9.59 Å². The van der Waals surface area contributed by atoms with Crippen LogP contribution in [-0.4, -0.2) is 41.7 Å². The number of hydrogen-bond donors (Lipinski definition) is 1. The summed E-state index contributed by atoms with van der Waals surface area (Å²) in [7, 11) is 1.63. The Morgan fingerprint density at radius 2 is 1.70 bits per heavy atom. The number of methoxy groups -OCH3 is 1. The molecule has 2 aromatic rings. The van der Waals surface area contributed by atoms with Crippen molar-refractivity contribution in [3.63, 3.8) is 0 Å². The molecule has 2 unspecified atom stereocenters. The minimum Gasteiger partial charge on any atom is -0.497 e. The van der Waals surface area contributed by atoms with Crippen LogP contribution in [0.4, 0.5) is 0 Å². The Morgan fingerprint density at radius 3 is 2.27 bits per heavy atom. The first-order chi connectivity index (χ1) is 15.8. The van der Waals surface area contributed by atoms with Crippen molar-refractivity contribution < 1.29 is 14.3 Å². The average molecular weight is 512 g/mol. The molecule has 2 rings (SSSR count). The highest BCUT2D eigenvalue weighted by molar-refractivity contribution is 7.99. The highest BCUT2D eigenvalue weighted by atomic mass is 35.5. The van der Waals surface area contributed by atoms with Crippen LogP contribution in [0.5, 0.6) is 5.75 Å². The molecular weight excluding hydrogens is 479 g/mol. The molecule has 5 nitrogen and oxygen atoms in total. The Labute approximate surface area is 211 Å². The highest BCUT2D eigenvalue weighted by Gasteiger charge is 2.29. The van der Waals surface area contributed by atoms with E-state index in [0.29, 0.717) is 22.2 Å². The van der Waals surface area contributed by atoms with Gasteiger partial charge < -0.3 is 15.0 Å². The molecule has 0 fully saturated rings. The monoisotopic (exact) mass is 510 g/mol. The molecule has 33 heavy (non-hydrogen) atoms. The lowest BCUT2D eigenvalue weighted by molar-refractivity contribution is -0.139. The Kier molecular flexibility index (Phi) is 11.4. The second-order valence-corrected chi connectivity index (χ2v) is 9.65. The summed E-state index contributed by atoms with van der Waals surface area (Å²) in [5.74, 6) is 1.52. The summed E-state index contributed by atoms with van der Waals surface area (Å²) < 4.78 is 5.19. The fraction of sp³-hybridized carbons (Fsp3) is 0.440. The third kappa shape index (κ3) is 8.43. The molecule has 0 heterocycles. The smallest absolute Gasteiger partial charge is 0.243 e. The van der Waals surface area contributed by atoms with Crippen LogP contribution in [0.15, 0.2) is 42.5 Å². The van der Waals surface area contributed by atoms with Crippen LogP contribution in [0.1, 0.15) is 44.7 Å².